The number of aryl methyl sites for hydroxylation is 1. The van der Waals surface area contributed by atoms with Gasteiger partial charge in [0.2, 0.25) is 5.91 Å². The Bertz CT molecular complexity index is 679. The Balaban J connectivity index is 1.78. The van der Waals surface area contributed by atoms with Crippen LogP contribution < -0.4 is 0 Å². The van der Waals surface area contributed by atoms with Gasteiger partial charge in [-0.3, -0.25) is 4.79 Å². The van der Waals surface area contributed by atoms with Gasteiger partial charge in [-0.05, 0) is 42.9 Å². The molecule has 2 aromatic carbocycles. The second-order valence-electron chi connectivity index (χ2n) is 6.66. The summed E-state index contributed by atoms with van der Waals surface area (Å²) in [7, 11) is 0. The third-order valence-corrected chi connectivity index (χ3v) is 5.31. The molecule has 3 atom stereocenters. The number of carbonyl (C=O) groups excluding carboxylic acids is 1. The summed E-state index contributed by atoms with van der Waals surface area (Å²) >= 11 is 0. The van der Waals surface area contributed by atoms with Gasteiger partial charge < -0.3 is 4.90 Å². The van der Waals surface area contributed by atoms with Crippen molar-refractivity contribution in [2.75, 3.05) is 6.54 Å². The quantitative estimate of drug-likeness (QED) is 0.801. The molecule has 0 bridgehead atoms. The van der Waals surface area contributed by atoms with Gasteiger partial charge in [0.05, 0.1) is 6.04 Å². The highest BCUT2D eigenvalue weighted by molar-refractivity contribution is 5.82. The molecule has 1 aliphatic heterocycles. The van der Waals surface area contributed by atoms with Gasteiger partial charge in [-0.15, -0.1) is 0 Å². The number of hydrogen-bond acceptors (Lipinski definition) is 1. The summed E-state index contributed by atoms with van der Waals surface area (Å²) < 4.78 is 0. The summed E-state index contributed by atoms with van der Waals surface area (Å²) in [4.78, 5) is 15.0. The largest absolute Gasteiger partial charge is 0.336 e. The van der Waals surface area contributed by atoms with Crippen molar-refractivity contribution in [1.29, 1.82) is 0 Å². The molecule has 1 amide bonds. The lowest BCUT2D eigenvalue weighted by atomic mass is 9.84. The molecule has 1 saturated heterocycles. The maximum Gasteiger partial charge on any atom is 0.226 e. The topological polar surface area (TPSA) is 20.3 Å². The minimum absolute atomic E-state index is 0.0993. The number of nitrogens with zero attached hydrogens (tertiary/aromatic N) is 1. The highest BCUT2D eigenvalue weighted by atomic mass is 16.2. The van der Waals surface area contributed by atoms with Gasteiger partial charge in [0.15, 0.2) is 0 Å². The molecule has 3 rings (SSSR count). The molecule has 1 fully saturated rings. The lowest BCUT2D eigenvalue weighted by Gasteiger charge is -2.26. The molecule has 0 N–H and O–H groups in total. The zero-order valence-electron chi connectivity index (χ0n) is 14.2. The van der Waals surface area contributed by atoms with Crippen LogP contribution in [0.1, 0.15) is 48.9 Å². The van der Waals surface area contributed by atoms with Crippen molar-refractivity contribution in [3.05, 3.63) is 71.3 Å². The van der Waals surface area contributed by atoms with Crippen LogP contribution in [0.2, 0.25) is 0 Å². The molecule has 2 heteroatoms. The van der Waals surface area contributed by atoms with Crippen molar-refractivity contribution >= 4 is 5.91 Å². The SMILES string of the molecule is Cc1ccccc1[C@H](C)[C@H]1CCN([C@@H](C)c2ccccc2)C1=O. The fourth-order valence-corrected chi connectivity index (χ4v) is 3.80. The van der Waals surface area contributed by atoms with E-state index in [2.05, 4.69) is 62.1 Å². The summed E-state index contributed by atoms with van der Waals surface area (Å²) in [5.41, 5.74) is 3.80. The van der Waals surface area contributed by atoms with Gasteiger partial charge in [-0.1, -0.05) is 61.5 Å². The molecule has 2 aromatic rings. The van der Waals surface area contributed by atoms with Crippen molar-refractivity contribution in [3.8, 4) is 0 Å². The molecule has 2 nitrogen and oxygen atoms in total. The van der Waals surface area contributed by atoms with Crippen LogP contribution in [0, 0.1) is 12.8 Å². The van der Waals surface area contributed by atoms with E-state index in [-0.39, 0.29) is 17.9 Å². The van der Waals surface area contributed by atoms with E-state index in [4.69, 9.17) is 0 Å². The van der Waals surface area contributed by atoms with Crippen LogP contribution in [0.5, 0.6) is 0 Å². The van der Waals surface area contributed by atoms with E-state index in [1.54, 1.807) is 0 Å². The summed E-state index contributed by atoms with van der Waals surface area (Å²) in [5, 5.41) is 0. The average molecular weight is 307 g/mol. The van der Waals surface area contributed by atoms with E-state index in [0.29, 0.717) is 5.91 Å². The number of likely N-dealkylation sites (tertiary alicyclic amines) is 1. The highest BCUT2D eigenvalue weighted by Crippen LogP contribution is 2.37. The molecule has 0 aromatic heterocycles. The van der Waals surface area contributed by atoms with Crippen LogP contribution in [0.25, 0.3) is 0 Å². The van der Waals surface area contributed by atoms with Gasteiger partial charge in [0.1, 0.15) is 0 Å². The van der Waals surface area contributed by atoms with Crippen LogP contribution in [-0.2, 0) is 4.79 Å². The van der Waals surface area contributed by atoms with E-state index in [0.717, 1.165) is 13.0 Å². The Morgan fingerprint density at radius 2 is 1.65 bits per heavy atom. The zero-order valence-corrected chi connectivity index (χ0v) is 14.2. The number of amides is 1. The van der Waals surface area contributed by atoms with Gasteiger partial charge >= 0.3 is 0 Å². The Morgan fingerprint density at radius 1 is 1.00 bits per heavy atom. The molecule has 120 valence electrons. The predicted molar refractivity (Wildman–Crippen MR) is 94.3 cm³/mol. The van der Waals surface area contributed by atoms with Crippen molar-refractivity contribution in [1.82, 2.24) is 4.90 Å². The normalized spacial score (nSPS) is 20.6. The minimum atomic E-state index is 0.0993. The fourth-order valence-electron chi connectivity index (χ4n) is 3.80. The van der Waals surface area contributed by atoms with Crippen LogP contribution in [0.3, 0.4) is 0 Å². The maximum atomic E-state index is 13.0. The summed E-state index contributed by atoms with van der Waals surface area (Å²) in [6.45, 7) is 7.32. The molecular formula is C21H25NO. The molecular weight excluding hydrogens is 282 g/mol. The lowest BCUT2D eigenvalue weighted by Crippen LogP contribution is -2.31. The van der Waals surface area contributed by atoms with Gasteiger partial charge in [-0.2, -0.15) is 0 Å². The fraction of sp³-hybridized carbons (Fsp3) is 0.381. The first-order valence-electron chi connectivity index (χ1n) is 8.50. The van der Waals surface area contributed by atoms with Crippen LogP contribution in [0.4, 0.5) is 0 Å². The van der Waals surface area contributed by atoms with E-state index in [1.165, 1.54) is 16.7 Å². The highest BCUT2D eigenvalue weighted by Gasteiger charge is 2.38. The van der Waals surface area contributed by atoms with Gasteiger partial charge in [0, 0.05) is 12.5 Å². The van der Waals surface area contributed by atoms with Crippen LogP contribution >= 0.6 is 0 Å². The standard InChI is InChI=1S/C21H25NO/c1-15-9-7-8-12-19(15)16(2)20-13-14-22(21(20)23)17(3)18-10-5-4-6-11-18/h4-12,16-17,20H,13-14H2,1-3H3/t16-,17-,20+/m0/s1. The minimum Gasteiger partial charge on any atom is -0.336 e. The van der Waals surface area contributed by atoms with E-state index in [9.17, 15) is 4.79 Å². The van der Waals surface area contributed by atoms with E-state index >= 15 is 0 Å². The number of benzene rings is 2. The maximum absolute atomic E-state index is 13.0. The molecule has 1 aliphatic rings. The van der Waals surface area contributed by atoms with Crippen molar-refractivity contribution < 1.29 is 4.79 Å². The lowest BCUT2D eigenvalue weighted by molar-refractivity contribution is -0.133. The molecule has 0 aliphatic carbocycles. The van der Waals surface area contributed by atoms with Crippen LogP contribution in [0.15, 0.2) is 54.6 Å². The second-order valence-corrected chi connectivity index (χ2v) is 6.66. The monoisotopic (exact) mass is 307 g/mol. The number of rotatable bonds is 4. The Labute approximate surface area is 139 Å². The molecule has 23 heavy (non-hydrogen) atoms. The second kappa shape index (κ2) is 6.57. The summed E-state index contributed by atoms with van der Waals surface area (Å²) in [6, 6.07) is 18.9. The van der Waals surface area contributed by atoms with Gasteiger partial charge in [-0.25, -0.2) is 0 Å². The summed E-state index contributed by atoms with van der Waals surface area (Å²) in [6.07, 6.45) is 0.950. The molecule has 0 radical (unpaired) electrons. The first-order valence-corrected chi connectivity index (χ1v) is 8.50. The third-order valence-electron chi connectivity index (χ3n) is 5.31. The van der Waals surface area contributed by atoms with Crippen molar-refractivity contribution in [2.45, 2.75) is 39.2 Å². The van der Waals surface area contributed by atoms with Gasteiger partial charge in [0.25, 0.3) is 0 Å². The molecule has 0 unspecified atom stereocenters. The Morgan fingerprint density at radius 3 is 2.35 bits per heavy atom. The molecule has 1 heterocycles. The zero-order chi connectivity index (χ0) is 16.4. The number of hydrogen-bond donors (Lipinski definition) is 0. The smallest absolute Gasteiger partial charge is 0.226 e. The van der Waals surface area contributed by atoms with Crippen molar-refractivity contribution in [2.24, 2.45) is 5.92 Å². The first-order chi connectivity index (χ1) is 11.1. The Kier molecular flexibility index (Phi) is 4.51. The average Bonchev–Trinajstić information content (AvgIpc) is 2.96. The number of carbonyl (C=O) groups is 1. The summed E-state index contributed by atoms with van der Waals surface area (Å²) in [5.74, 6) is 0.677. The predicted octanol–water partition coefficient (Wildman–Crippen LogP) is 4.71. The van der Waals surface area contributed by atoms with Crippen LogP contribution in [-0.4, -0.2) is 17.4 Å². The van der Waals surface area contributed by atoms with Crippen molar-refractivity contribution in [3.63, 3.8) is 0 Å². The molecule has 0 saturated carbocycles. The van der Waals surface area contributed by atoms with E-state index in [1.807, 2.05) is 18.2 Å². The third kappa shape index (κ3) is 3.03. The molecule has 0 spiro atoms. The van der Waals surface area contributed by atoms with E-state index < -0.39 is 0 Å². The first kappa shape index (κ1) is 15.8. The Hall–Kier alpha value is -2.09.